The predicted octanol–water partition coefficient (Wildman–Crippen LogP) is 2.91. The van der Waals surface area contributed by atoms with Gasteiger partial charge in [0.05, 0.1) is 17.8 Å². The van der Waals surface area contributed by atoms with Crippen LogP contribution in [0.25, 0.3) is 11.3 Å². The first kappa shape index (κ1) is 15.1. The maximum absolute atomic E-state index is 12.1. The summed E-state index contributed by atoms with van der Waals surface area (Å²) in [6.45, 7) is 0.391. The quantitative estimate of drug-likeness (QED) is 0.722. The number of hydrogen-bond acceptors (Lipinski definition) is 4. The van der Waals surface area contributed by atoms with Gasteiger partial charge in [0.1, 0.15) is 0 Å². The lowest BCUT2D eigenvalue weighted by Crippen LogP contribution is -2.15. The van der Waals surface area contributed by atoms with Gasteiger partial charge in [0.15, 0.2) is 0 Å². The molecule has 0 atom stereocenters. The number of carbonyl (C=O) groups is 1. The van der Waals surface area contributed by atoms with Gasteiger partial charge in [-0.25, -0.2) is 4.79 Å². The molecule has 2 aromatic carbocycles. The lowest BCUT2D eigenvalue weighted by Gasteiger charge is -2.08. The molecular weight excluding hydrogens is 312 g/mol. The zero-order chi connectivity index (χ0) is 16.4. The number of aromatic carboxylic acids is 1. The highest BCUT2D eigenvalue weighted by molar-refractivity contribution is 7.07. The van der Waals surface area contributed by atoms with Crippen LogP contribution in [0.4, 0.5) is 5.69 Å². The number of nitrogen functional groups attached to an aromatic ring is 1. The second-order valence-electron chi connectivity index (χ2n) is 5.10. The third kappa shape index (κ3) is 3.17. The highest BCUT2D eigenvalue weighted by Crippen LogP contribution is 2.22. The van der Waals surface area contributed by atoms with Crippen molar-refractivity contribution < 1.29 is 9.90 Å². The van der Waals surface area contributed by atoms with E-state index in [4.69, 9.17) is 10.8 Å². The number of carboxylic acids is 1. The van der Waals surface area contributed by atoms with Crippen LogP contribution in [0.3, 0.4) is 0 Å². The van der Waals surface area contributed by atoms with Gasteiger partial charge in [0.2, 0.25) is 0 Å². The van der Waals surface area contributed by atoms with Gasteiger partial charge in [-0.15, -0.1) is 0 Å². The monoisotopic (exact) mass is 326 g/mol. The first-order chi connectivity index (χ1) is 11.0. The van der Waals surface area contributed by atoms with E-state index in [-0.39, 0.29) is 10.4 Å². The summed E-state index contributed by atoms with van der Waals surface area (Å²) in [4.78, 5) is 23.0. The molecule has 0 fully saturated rings. The molecule has 116 valence electrons. The van der Waals surface area contributed by atoms with Crippen LogP contribution < -0.4 is 10.6 Å². The van der Waals surface area contributed by atoms with Crippen molar-refractivity contribution in [3.8, 4) is 11.3 Å². The van der Waals surface area contributed by atoms with E-state index in [1.165, 1.54) is 12.1 Å². The van der Waals surface area contributed by atoms with E-state index in [1.54, 1.807) is 28.8 Å². The molecule has 1 aromatic heterocycles. The molecule has 0 saturated carbocycles. The van der Waals surface area contributed by atoms with E-state index >= 15 is 0 Å². The SMILES string of the molecule is Nc1ccc(-c2csc(=O)n2Cc2ccc(C(=O)O)cc2)cc1. The van der Waals surface area contributed by atoms with Gasteiger partial charge < -0.3 is 10.8 Å². The molecule has 0 aliphatic carbocycles. The Morgan fingerprint density at radius 1 is 1.09 bits per heavy atom. The van der Waals surface area contributed by atoms with Crippen molar-refractivity contribution in [3.63, 3.8) is 0 Å². The lowest BCUT2D eigenvalue weighted by molar-refractivity contribution is 0.0697. The average Bonchev–Trinajstić information content (AvgIpc) is 2.90. The van der Waals surface area contributed by atoms with Crippen molar-refractivity contribution in [2.45, 2.75) is 6.54 Å². The summed E-state index contributed by atoms with van der Waals surface area (Å²) in [7, 11) is 0. The zero-order valence-electron chi connectivity index (χ0n) is 12.1. The molecule has 3 rings (SSSR count). The molecular formula is C17H14N2O3S. The minimum Gasteiger partial charge on any atom is -0.478 e. The van der Waals surface area contributed by atoms with Gasteiger partial charge in [0, 0.05) is 11.1 Å². The second-order valence-corrected chi connectivity index (χ2v) is 5.92. The molecule has 0 saturated heterocycles. The molecule has 0 radical (unpaired) electrons. The number of nitrogens with two attached hydrogens (primary N) is 1. The smallest absolute Gasteiger partial charge is 0.335 e. The highest BCUT2D eigenvalue weighted by atomic mass is 32.1. The number of thiazole rings is 1. The predicted molar refractivity (Wildman–Crippen MR) is 90.9 cm³/mol. The largest absolute Gasteiger partial charge is 0.478 e. The number of nitrogens with zero attached hydrogens (tertiary/aromatic N) is 1. The maximum Gasteiger partial charge on any atom is 0.335 e. The zero-order valence-corrected chi connectivity index (χ0v) is 12.9. The molecule has 0 bridgehead atoms. The van der Waals surface area contributed by atoms with Crippen LogP contribution in [0.2, 0.25) is 0 Å². The van der Waals surface area contributed by atoms with Crippen LogP contribution in [-0.2, 0) is 6.54 Å². The molecule has 23 heavy (non-hydrogen) atoms. The van der Waals surface area contributed by atoms with Crippen LogP contribution in [0, 0.1) is 0 Å². The minimum absolute atomic E-state index is 0.0564. The Labute approximate surface area is 136 Å². The molecule has 6 heteroatoms. The van der Waals surface area contributed by atoms with Gasteiger partial charge in [-0.2, -0.15) is 0 Å². The number of carboxylic acid groups (broad SMARTS) is 1. The Morgan fingerprint density at radius 2 is 1.74 bits per heavy atom. The van der Waals surface area contributed by atoms with Crippen molar-refractivity contribution in [2.24, 2.45) is 0 Å². The van der Waals surface area contributed by atoms with Crippen LogP contribution in [0.5, 0.6) is 0 Å². The fraction of sp³-hybridized carbons (Fsp3) is 0.0588. The van der Waals surface area contributed by atoms with E-state index in [2.05, 4.69) is 0 Å². The number of rotatable bonds is 4. The molecule has 3 aromatic rings. The normalized spacial score (nSPS) is 10.6. The Balaban J connectivity index is 1.94. The number of aromatic nitrogens is 1. The summed E-state index contributed by atoms with van der Waals surface area (Å²) >= 11 is 1.14. The summed E-state index contributed by atoms with van der Waals surface area (Å²) < 4.78 is 1.67. The maximum atomic E-state index is 12.1. The second kappa shape index (κ2) is 6.10. The molecule has 0 unspecified atom stereocenters. The first-order valence-electron chi connectivity index (χ1n) is 6.91. The molecule has 0 amide bonds. The van der Waals surface area contributed by atoms with Crippen LogP contribution >= 0.6 is 11.3 Å². The Morgan fingerprint density at radius 3 is 2.35 bits per heavy atom. The first-order valence-corrected chi connectivity index (χ1v) is 7.79. The van der Waals surface area contributed by atoms with E-state index in [9.17, 15) is 9.59 Å². The van der Waals surface area contributed by atoms with E-state index in [1.807, 2.05) is 17.5 Å². The molecule has 0 aliphatic heterocycles. The molecule has 0 spiro atoms. The Hall–Kier alpha value is -2.86. The summed E-state index contributed by atoms with van der Waals surface area (Å²) in [5.74, 6) is -0.966. The van der Waals surface area contributed by atoms with E-state index in [0.717, 1.165) is 28.2 Å². The highest BCUT2D eigenvalue weighted by Gasteiger charge is 2.10. The number of benzene rings is 2. The van der Waals surface area contributed by atoms with Crippen LogP contribution in [-0.4, -0.2) is 15.6 Å². The summed E-state index contributed by atoms with van der Waals surface area (Å²) in [5, 5.41) is 10.7. The molecule has 3 N–H and O–H groups in total. The topological polar surface area (TPSA) is 85.3 Å². The van der Waals surface area contributed by atoms with Crippen molar-refractivity contribution in [2.75, 3.05) is 5.73 Å². The molecule has 1 heterocycles. The van der Waals surface area contributed by atoms with Gasteiger partial charge in [-0.3, -0.25) is 9.36 Å². The lowest BCUT2D eigenvalue weighted by atomic mass is 10.1. The van der Waals surface area contributed by atoms with Crippen molar-refractivity contribution in [1.29, 1.82) is 0 Å². The standard InChI is InChI=1S/C17H14N2O3S/c18-14-7-5-12(6-8-14)15-10-23-17(22)19(15)9-11-1-3-13(4-2-11)16(20)21/h1-8,10H,9,18H2,(H,20,21). The van der Waals surface area contributed by atoms with Gasteiger partial charge in [0.25, 0.3) is 0 Å². The summed E-state index contributed by atoms with van der Waals surface area (Å²) in [5.41, 5.74) is 9.20. The molecule has 5 nitrogen and oxygen atoms in total. The number of hydrogen-bond donors (Lipinski definition) is 2. The van der Waals surface area contributed by atoms with Gasteiger partial charge >= 0.3 is 10.8 Å². The van der Waals surface area contributed by atoms with Gasteiger partial charge in [-0.05, 0) is 35.4 Å². The fourth-order valence-electron chi connectivity index (χ4n) is 2.29. The molecule has 0 aliphatic rings. The Bertz CT molecular complexity index is 893. The Kier molecular flexibility index (Phi) is 3.99. The van der Waals surface area contributed by atoms with Crippen LogP contribution in [0.15, 0.2) is 58.7 Å². The minimum atomic E-state index is -0.966. The number of anilines is 1. The third-order valence-electron chi connectivity index (χ3n) is 3.53. The van der Waals surface area contributed by atoms with Gasteiger partial charge in [-0.1, -0.05) is 35.6 Å². The van der Waals surface area contributed by atoms with Crippen molar-refractivity contribution in [1.82, 2.24) is 4.57 Å². The third-order valence-corrected chi connectivity index (χ3v) is 4.29. The van der Waals surface area contributed by atoms with E-state index < -0.39 is 5.97 Å². The van der Waals surface area contributed by atoms with Crippen LogP contribution in [0.1, 0.15) is 15.9 Å². The summed E-state index contributed by atoms with van der Waals surface area (Å²) in [6.07, 6.45) is 0. The van der Waals surface area contributed by atoms with E-state index in [0.29, 0.717) is 12.2 Å². The summed E-state index contributed by atoms with van der Waals surface area (Å²) in [6, 6.07) is 13.9. The van der Waals surface area contributed by atoms with Crippen molar-refractivity contribution in [3.05, 3.63) is 74.7 Å². The van der Waals surface area contributed by atoms with Crippen molar-refractivity contribution >= 4 is 23.0 Å². The average molecular weight is 326 g/mol. The fourth-order valence-corrected chi connectivity index (χ4v) is 3.06.